The molecule has 0 bridgehead atoms. The molecule has 0 atom stereocenters. The van der Waals surface area contributed by atoms with E-state index in [1.54, 1.807) is 0 Å². The number of benzene rings is 2. The van der Waals surface area contributed by atoms with Crippen LogP contribution in [-0.4, -0.2) is 52.1 Å². The van der Waals surface area contributed by atoms with Crippen molar-refractivity contribution in [2.75, 3.05) is 31.1 Å². The Morgan fingerprint density at radius 1 is 1.00 bits per heavy atom. The number of fused-ring (bicyclic) bond motifs is 2. The van der Waals surface area contributed by atoms with Crippen molar-refractivity contribution in [3.63, 3.8) is 0 Å². The summed E-state index contributed by atoms with van der Waals surface area (Å²) in [5.74, 6) is 2.33. The third-order valence-corrected chi connectivity index (χ3v) is 7.12. The highest BCUT2D eigenvalue weighted by Crippen LogP contribution is 2.35. The fourth-order valence-electron chi connectivity index (χ4n) is 5.16. The number of hydrogen-bond acceptors (Lipinski definition) is 6. The molecule has 1 saturated heterocycles. The van der Waals surface area contributed by atoms with E-state index in [2.05, 4.69) is 61.2 Å². The Bertz CT molecular complexity index is 1380. The topological polar surface area (TPSA) is 75.4 Å². The van der Waals surface area contributed by atoms with Crippen LogP contribution in [0.3, 0.4) is 0 Å². The summed E-state index contributed by atoms with van der Waals surface area (Å²) in [6.45, 7) is 9.55. The SMILES string of the molecule is CCCCCC(=O)N1CCCN(c2nc(CC(C)C)nc3onc(-c4ccc5ccccc5c4)c23)CC1. The smallest absolute Gasteiger partial charge is 0.263 e. The molecule has 37 heavy (non-hydrogen) atoms. The first-order chi connectivity index (χ1) is 18.0. The van der Waals surface area contributed by atoms with Gasteiger partial charge in [0.15, 0.2) is 0 Å². The van der Waals surface area contributed by atoms with Crippen LogP contribution in [0.15, 0.2) is 47.0 Å². The Morgan fingerprint density at radius 2 is 1.84 bits per heavy atom. The van der Waals surface area contributed by atoms with Crippen LogP contribution in [-0.2, 0) is 11.2 Å². The first kappa shape index (κ1) is 25.2. The van der Waals surface area contributed by atoms with Crippen LogP contribution in [0.4, 0.5) is 5.82 Å². The minimum atomic E-state index is 0.269. The predicted octanol–water partition coefficient (Wildman–Crippen LogP) is 6.26. The van der Waals surface area contributed by atoms with Crippen LogP contribution in [0, 0.1) is 5.92 Å². The van der Waals surface area contributed by atoms with E-state index < -0.39 is 0 Å². The highest BCUT2D eigenvalue weighted by atomic mass is 16.5. The van der Waals surface area contributed by atoms with Gasteiger partial charge in [-0.15, -0.1) is 0 Å². The molecule has 194 valence electrons. The third kappa shape index (κ3) is 5.60. The predicted molar refractivity (Wildman–Crippen MR) is 149 cm³/mol. The van der Waals surface area contributed by atoms with Crippen molar-refractivity contribution in [2.24, 2.45) is 5.92 Å². The molecule has 5 rings (SSSR count). The molecule has 1 aliphatic rings. The molecule has 4 aromatic rings. The van der Waals surface area contributed by atoms with Gasteiger partial charge >= 0.3 is 0 Å². The van der Waals surface area contributed by atoms with E-state index in [9.17, 15) is 4.79 Å². The van der Waals surface area contributed by atoms with E-state index in [1.807, 2.05) is 17.0 Å². The van der Waals surface area contributed by atoms with E-state index in [0.717, 1.165) is 85.4 Å². The van der Waals surface area contributed by atoms with Crippen molar-refractivity contribution >= 4 is 33.6 Å². The van der Waals surface area contributed by atoms with Crippen molar-refractivity contribution in [1.82, 2.24) is 20.0 Å². The van der Waals surface area contributed by atoms with Gasteiger partial charge < -0.3 is 14.3 Å². The molecule has 0 radical (unpaired) electrons. The first-order valence-electron chi connectivity index (χ1n) is 13.7. The van der Waals surface area contributed by atoms with Crippen LogP contribution in [0.2, 0.25) is 0 Å². The quantitative estimate of drug-likeness (QED) is 0.267. The summed E-state index contributed by atoms with van der Waals surface area (Å²) in [6, 6.07) is 14.7. The van der Waals surface area contributed by atoms with E-state index >= 15 is 0 Å². The zero-order valence-electron chi connectivity index (χ0n) is 22.2. The zero-order valence-corrected chi connectivity index (χ0v) is 22.2. The molecular formula is C30H37N5O2. The number of carbonyl (C=O) groups is 1. The molecule has 0 saturated carbocycles. The second kappa shape index (κ2) is 11.3. The molecule has 0 spiro atoms. The largest absolute Gasteiger partial charge is 0.354 e. The minimum Gasteiger partial charge on any atom is -0.354 e. The Morgan fingerprint density at radius 3 is 2.65 bits per heavy atom. The normalized spacial score (nSPS) is 14.6. The average Bonchev–Trinajstić information content (AvgIpc) is 3.16. The number of anilines is 1. The van der Waals surface area contributed by atoms with E-state index in [-0.39, 0.29) is 5.91 Å². The average molecular weight is 500 g/mol. The van der Waals surface area contributed by atoms with Gasteiger partial charge in [0.05, 0.1) is 0 Å². The number of aromatic nitrogens is 3. The van der Waals surface area contributed by atoms with Crippen LogP contribution >= 0.6 is 0 Å². The highest BCUT2D eigenvalue weighted by molar-refractivity contribution is 6.00. The molecule has 3 heterocycles. The summed E-state index contributed by atoms with van der Waals surface area (Å²) >= 11 is 0. The number of amides is 1. The van der Waals surface area contributed by atoms with Gasteiger partial charge in [-0.25, -0.2) is 4.98 Å². The molecule has 0 unspecified atom stereocenters. The van der Waals surface area contributed by atoms with Crippen LogP contribution in [0.5, 0.6) is 0 Å². The first-order valence-corrected chi connectivity index (χ1v) is 13.7. The monoisotopic (exact) mass is 499 g/mol. The van der Waals surface area contributed by atoms with Crippen LogP contribution in [0.25, 0.3) is 33.1 Å². The summed E-state index contributed by atoms with van der Waals surface area (Å²) in [7, 11) is 0. The lowest BCUT2D eigenvalue weighted by atomic mass is 10.0. The van der Waals surface area contributed by atoms with Gasteiger partial charge in [-0.1, -0.05) is 75.2 Å². The van der Waals surface area contributed by atoms with Gasteiger partial charge in [0.2, 0.25) is 5.91 Å². The Balaban J connectivity index is 1.50. The highest BCUT2D eigenvalue weighted by Gasteiger charge is 2.26. The molecule has 1 amide bonds. The maximum atomic E-state index is 12.8. The number of rotatable bonds is 8. The summed E-state index contributed by atoms with van der Waals surface area (Å²) in [5.41, 5.74) is 2.28. The maximum Gasteiger partial charge on any atom is 0.263 e. The number of unbranched alkanes of at least 4 members (excludes halogenated alkanes) is 2. The molecular weight excluding hydrogens is 462 g/mol. The summed E-state index contributed by atoms with van der Waals surface area (Å²) in [5, 5.41) is 7.68. The Labute approximate surface area is 218 Å². The minimum absolute atomic E-state index is 0.269. The van der Waals surface area contributed by atoms with Crippen molar-refractivity contribution in [3.05, 3.63) is 48.3 Å². The maximum absolute atomic E-state index is 12.8. The Kier molecular flexibility index (Phi) is 7.68. The number of carbonyl (C=O) groups excluding carboxylic acids is 1. The number of nitrogens with zero attached hydrogens (tertiary/aromatic N) is 5. The lowest BCUT2D eigenvalue weighted by molar-refractivity contribution is -0.131. The molecule has 0 aliphatic carbocycles. The van der Waals surface area contributed by atoms with Gasteiger partial charge in [-0.3, -0.25) is 4.79 Å². The molecule has 0 N–H and O–H groups in total. The van der Waals surface area contributed by atoms with Gasteiger partial charge in [0.25, 0.3) is 5.71 Å². The van der Waals surface area contributed by atoms with Gasteiger partial charge in [0, 0.05) is 44.6 Å². The van der Waals surface area contributed by atoms with Crippen molar-refractivity contribution in [3.8, 4) is 11.3 Å². The molecule has 1 aliphatic heterocycles. The van der Waals surface area contributed by atoms with E-state index in [0.29, 0.717) is 24.6 Å². The molecule has 7 heteroatoms. The second-order valence-corrected chi connectivity index (χ2v) is 10.5. The van der Waals surface area contributed by atoms with Crippen LogP contribution < -0.4 is 4.90 Å². The number of hydrogen-bond donors (Lipinski definition) is 0. The third-order valence-electron chi connectivity index (χ3n) is 7.12. The van der Waals surface area contributed by atoms with Gasteiger partial charge in [0.1, 0.15) is 22.7 Å². The van der Waals surface area contributed by atoms with E-state index in [4.69, 9.17) is 14.5 Å². The fraction of sp³-hybridized carbons (Fsp3) is 0.467. The van der Waals surface area contributed by atoms with E-state index in [1.165, 1.54) is 5.39 Å². The van der Waals surface area contributed by atoms with Crippen LogP contribution in [0.1, 0.15) is 58.7 Å². The standard InChI is InChI=1S/C30H37N5O2/c1-4-5-6-12-26(36)34-15-9-16-35(18-17-34)29-27-28(24-14-13-22-10-7-8-11-23(22)20-24)33-37-30(27)32-25(31-29)19-21(2)3/h7-8,10-11,13-14,20-21H,4-6,9,12,15-19H2,1-3H3. The van der Waals surface area contributed by atoms with Crippen molar-refractivity contribution in [1.29, 1.82) is 0 Å². The van der Waals surface area contributed by atoms with Gasteiger partial charge in [-0.05, 0) is 35.6 Å². The summed E-state index contributed by atoms with van der Waals surface area (Å²) in [6.07, 6.45) is 5.51. The lowest BCUT2D eigenvalue weighted by Gasteiger charge is -2.24. The fourth-order valence-corrected chi connectivity index (χ4v) is 5.16. The van der Waals surface area contributed by atoms with Crippen molar-refractivity contribution < 1.29 is 9.32 Å². The van der Waals surface area contributed by atoms with Crippen molar-refractivity contribution in [2.45, 2.75) is 59.3 Å². The molecule has 1 fully saturated rings. The molecule has 2 aromatic carbocycles. The molecule has 7 nitrogen and oxygen atoms in total. The lowest BCUT2D eigenvalue weighted by Crippen LogP contribution is -2.35. The summed E-state index contributed by atoms with van der Waals surface area (Å²) in [4.78, 5) is 27.0. The zero-order chi connectivity index (χ0) is 25.8. The second-order valence-electron chi connectivity index (χ2n) is 10.5. The molecule has 2 aromatic heterocycles. The summed E-state index contributed by atoms with van der Waals surface area (Å²) < 4.78 is 5.82. The van der Waals surface area contributed by atoms with Gasteiger partial charge in [-0.2, -0.15) is 4.98 Å². The Hall–Kier alpha value is -3.48.